The summed E-state index contributed by atoms with van der Waals surface area (Å²) in [6.45, 7) is 1.31. The summed E-state index contributed by atoms with van der Waals surface area (Å²) < 4.78 is 31.9. The molecule has 2 aromatic rings. The molecule has 27 heavy (non-hydrogen) atoms. The van der Waals surface area contributed by atoms with Gasteiger partial charge in [-0.2, -0.15) is 0 Å². The Hall–Kier alpha value is -2.91. The van der Waals surface area contributed by atoms with Crippen LogP contribution < -0.4 is 20.1 Å². The van der Waals surface area contributed by atoms with Crippen molar-refractivity contribution in [2.75, 3.05) is 24.3 Å². The minimum absolute atomic E-state index is 0.0274. The Morgan fingerprint density at radius 2 is 1.70 bits per heavy atom. The van der Waals surface area contributed by atoms with Crippen molar-refractivity contribution in [3.63, 3.8) is 0 Å². The van der Waals surface area contributed by atoms with E-state index in [1.165, 1.54) is 38.3 Å². The molecule has 0 heterocycles. The fraction of sp³-hybridized carbons (Fsp3) is 0.222. The van der Waals surface area contributed by atoms with Crippen molar-refractivity contribution in [2.45, 2.75) is 18.2 Å². The van der Waals surface area contributed by atoms with Gasteiger partial charge in [-0.25, -0.2) is 13.1 Å². The zero-order valence-electron chi connectivity index (χ0n) is 15.0. The summed E-state index contributed by atoms with van der Waals surface area (Å²) in [6.07, 6.45) is -0.0274. The smallest absolute Gasteiger partial charge is 0.240 e. The van der Waals surface area contributed by atoms with Gasteiger partial charge < -0.3 is 15.4 Å². The Balaban J connectivity index is 1.87. The van der Waals surface area contributed by atoms with Crippen molar-refractivity contribution in [2.24, 2.45) is 0 Å². The molecule has 0 unspecified atom stereocenters. The number of methoxy groups -OCH3 is 1. The first-order valence-electron chi connectivity index (χ1n) is 8.11. The van der Waals surface area contributed by atoms with Gasteiger partial charge in [0.25, 0.3) is 0 Å². The van der Waals surface area contributed by atoms with Crippen LogP contribution in [0.1, 0.15) is 13.3 Å². The van der Waals surface area contributed by atoms with Gasteiger partial charge in [0.15, 0.2) is 0 Å². The van der Waals surface area contributed by atoms with E-state index in [4.69, 9.17) is 4.74 Å². The Bertz CT molecular complexity index is 911. The van der Waals surface area contributed by atoms with E-state index in [0.29, 0.717) is 17.1 Å². The largest absolute Gasteiger partial charge is 0.497 e. The van der Waals surface area contributed by atoms with Crippen LogP contribution in [0.2, 0.25) is 0 Å². The molecule has 0 radical (unpaired) electrons. The zero-order chi connectivity index (χ0) is 19.9. The Morgan fingerprint density at radius 1 is 1.00 bits per heavy atom. The van der Waals surface area contributed by atoms with Crippen LogP contribution in [0.4, 0.5) is 11.4 Å². The van der Waals surface area contributed by atoms with Crippen molar-refractivity contribution in [3.8, 4) is 5.75 Å². The van der Waals surface area contributed by atoms with E-state index in [1.807, 2.05) is 0 Å². The number of carbonyl (C=O) groups is 2. The van der Waals surface area contributed by atoms with E-state index in [-0.39, 0.29) is 29.7 Å². The molecule has 9 heteroatoms. The number of nitrogens with one attached hydrogen (secondary N) is 3. The van der Waals surface area contributed by atoms with Crippen LogP contribution in [0, 0.1) is 0 Å². The minimum atomic E-state index is -3.75. The molecular weight excluding hydrogens is 370 g/mol. The molecule has 0 aliphatic heterocycles. The summed E-state index contributed by atoms with van der Waals surface area (Å²) >= 11 is 0. The topological polar surface area (TPSA) is 114 Å². The van der Waals surface area contributed by atoms with Gasteiger partial charge in [-0.3, -0.25) is 9.59 Å². The van der Waals surface area contributed by atoms with E-state index in [9.17, 15) is 18.0 Å². The van der Waals surface area contributed by atoms with E-state index in [1.54, 1.807) is 24.3 Å². The summed E-state index contributed by atoms with van der Waals surface area (Å²) in [5.74, 6) is 0.0361. The van der Waals surface area contributed by atoms with Crippen molar-refractivity contribution >= 4 is 33.2 Å². The van der Waals surface area contributed by atoms with Crippen LogP contribution in [-0.2, 0) is 19.6 Å². The Morgan fingerprint density at radius 3 is 2.33 bits per heavy atom. The molecule has 0 spiro atoms. The average Bonchev–Trinajstić information content (AvgIpc) is 2.61. The highest BCUT2D eigenvalue weighted by molar-refractivity contribution is 7.89. The second kappa shape index (κ2) is 9.15. The predicted molar refractivity (Wildman–Crippen MR) is 102 cm³/mol. The second-order valence-electron chi connectivity index (χ2n) is 5.63. The first-order chi connectivity index (χ1) is 12.8. The molecule has 0 saturated heterocycles. The van der Waals surface area contributed by atoms with Crippen molar-refractivity contribution in [1.29, 1.82) is 0 Å². The molecule has 2 rings (SSSR count). The monoisotopic (exact) mass is 391 g/mol. The van der Waals surface area contributed by atoms with Gasteiger partial charge in [-0.15, -0.1) is 0 Å². The molecule has 3 N–H and O–H groups in total. The number of amides is 2. The summed E-state index contributed by atoms with van der Waals surface area (Å²) in [6, 6.07) is 12.6. The van der Waals surface area contributed by atoms with Crippen molar-refractivity contribution < 1.29 is 22.7 Å². The maximum atomic E-state index is 12.2. The number of anilines is 2. The quantitative estimate of drug-likeness (QED) is 0.637. The van der Waals surface area contributed by atoms with Gasteiger partial charge in [0.05, 0.1) is 12.0 Å². The highest BCUT2D eigenvalue weighted by atomic mass is 32.2. The summed E-state index contributed by atoms with van der Waals surface area (Å²) in [5.41, 5.74) is 1.06. The highest BCUT2D eigenvalue weighted by Crippen LogP contribution is 2.17. The SMILES string of the molecule is COc1cccc(NC(=O)CCNS(=O)(=O)c2ccc(NC(C)=O)cc2)c1. The molecule has 0 aliphatic rings. The van der Waals surface area contributed by atoms with Gasteiger partial charge in [0.2, 0.25) is 21.8 Å². The van der Waals surface area contributed by atoms with E-state index >= 15 is 0 Å². The number of benzene rings is 2. The number of hydrogen-bond acceptors (Lipinski definition) is 5. The lowest BCUT2D eigenvalue weighted by atomic mass is 10.3. The van der Waals surface area contributed by atoms with Crippen LogP contribution in [0.5, 0.6) is 5.75 Å². The molecule has 2 amide bonds. The molecule has 0 aromatic heterocycles. The average molecular weight is 391 g/mol. The fourth-order valence-corrected chi connectivity index (χ4v) is 3.26. The number of rotatable bonds is 8. The van der Waals surface area contributed by atoms with Gasteiger partial charge in [-0.05, 0) is 36.4 Å². The standard InChI is InChI=1S/C18H21N3O5S/c1-13(22)20-14-6-8-17(9-7-14)27(24,25)19-11-10-18(23)21-15-4-3-5-16(12-15)26-2/h3-9,12,19H,10-11H2,1-2H3,(H,20,22)(H,21,23). The second-order valence-corrected chi connectivity index (χ2v) is 7.40. The molecule has 0 fully saturated rings. The molecule has 0 atom stereocenters. The van der Waals surface area contributed by atoms with E-state index < -0.39 is 10.0 Å². The number of carbonyl (C=O) groups excluding carboxylic acids is 2. The first kappa shape index (κ1) is 20.4. The van der Waals surface area contributed by atoms with Gasteiger partial charge in [-0.1, -0.05) is 6.07 Å². The lowest BCUT2D eigenvalue weighted by Gasteiger charge is -2.09. The van der Waals surface area contributed by atoms with Crippen LogP contribution in [-0.4, -0.2) is 33.9 Å². The molecule has 0 saturated carbocycles. The third-order valence-electron chi connectivity index (χ3n) is 3.48. The van der Waals surface area contributed by atoms with Crippen LogP contribution in [0.25, 0.3) is 0 Å². The third-order valence-corrected chi connectivity index (χ3v) is 4.96. The van der Waals surface area contributed by atoms with Crippen molar-refractivity contribution in [3.05, 3.63) is 48.5 Å². The fourth-order valence-electron chi connectivity index (χ4n) is 2.23. The maximum Gasteiger partial charge on any atom is 0.240 e. The highest BCUT2D eigenvalue weighted by Gasteiger charge is 2.14. The maximum absolute atomic E-state index is 12.2. The predicted octanol–water partition coefficient (Wildman–Crippen LogP) is 1.96. The summed E-state index contributed by atoms with van der Waals surface area (Å²) in [7, 11) is -2.22. The number of sulfonamides is 1. The third kappa shape index (κ3) is 6.39. The lowest BCUT2D eigenvalue weighted by molar-refractivity contribution is -0.116. The molecule has 8 nitrogen and oxygen atoms in total. The van der Waals surface area contributed by atoms with Crippen LogP contribution in [0.15, 0.2) is 53.4 Å². The normalized spacial score (nSPS) is 10.9. The van der Waals surface area contributed by atoms with Gasteiger partial charge in [0.1, 0.15) is 5.75 Å². The zero-order valence-corrected chi connectivity index (χ0v) is 15.8. The first-order valence-corrected chi connectivity index (χ1v) is 9.60. The van der Waals surface area contributed by atoms with Crippen LogP contribution >= 0.6 is 0 Å². The van der Waals surface area contributed by atoms with Gasteiger partial charge in [0, 0.05) is 37.3 Å². The van der Waals surface area contributed by atoms with Gasteiger partial charge >= 0.3 is 0 Å². The van der Waals surface area contributed by atoms with Crippen LogP contribution in [0.3, 0.4) is 0 Å². The Labute approximate surface area is 158 Å². The summed E-state index contributed by atoms with van der Waals surface area (Å²) in [4.78, 5) is 23.0. The lowest BCUT2D eigenvalue weighted by Crippen LogP contribution is -2.27. The molecule has 144 valence electrons. The Kier molecular flexibility index (Phi) is 6.91. The molecule has 0 aliphatic carbocycles. The van der Waals surface area contributed by atoms with Crippen molar-refractivity contribution in [1.82, 2.24) is 4.72 Å². The molecule has 2 aromatic carbocycles. The molecular formula is C18H21N3O5S. The summed E-state index contributed by atoms with van der Waals surface area (Å²) in [5, 5.41) is 5.23. The van der Waals surface area contributed by atoms with E-state index in [2.05, 4.69) is 15.4 Å². The van der Waals surface area contributed by atoms with E-state index in [0.717, 1.165) is 0 Å². The minimum Gasteiger partial charge on any atom is -0.497 e. The molecule has 0 bridgehead atoms. The number of ether oxygens (including phenoxy) is 1. The number of hydrogen-bond donors (Lipinski definition) is 3.